The van der Waals surface area contributed by atoms with Crippen molar-refractivity contribution < 1.29 is 19.1 Å². The van der Waals surface area contributed by atoms with Crippen molar-refractivity contribution in [1.29, 1.82) is 0 Å². The molecule has 0 spiro atoms. The summed E-state index contributed by atoms with van der Waals surface area (Å²) in [7, 11) is 0. The van der Waals surface area contributed by atoms with Crippen LogP contribution in [0.2, 0.25) is 0 Å². The second-order valence-corrected chi connectivity index (χ2v) is 7.13. The van der Waals surface area contributed by atoms with Gasteiger partial charge >= 0.3 is 5.97 Å². The molecule has 1 aromatic carbocycles. The zero-order valence-corrected chi connectivity index (χ0v) is 14.9. The molecule has 0 heterocycles. The third-order valence-electron chi connectivity index (χ3n) is 3.66. The van der Waals surface area contributed by atoms with Gasteiger partial charge in [0.05, 0.1) is 11.3 Å². The molecule has 24 heavy (non-hydrogen) atoms. The number of amides is 1. The molecular formula is C18H23NO4S. The summed E-state index contributed by atoms with van der Waals surface area (Å²) in [5.41, 5.74) is 0.401. The minimum atomic E-state index is -0.631. The van der Waals surface area contributed by atoms with Gasteiger partial charge in [0.15, 0.2) is 11.9 Å². The number of thioether (sulfide) groups is 1. The standard InChI is InChI=1S/C18H23NO4S/c1-12(2)19-17(21)11-24-16-10-6-3-7-13(16)18(22)23-15-9-5-4-8-14(15)20/h3,6-7,10,12,15H,4-5,8-9,11H2,1-2H3,(H,19,21)/t15-/m0/s1. The Balaban J connectivity index is 2.00. The molecule has 0 saturated heterocycles. The molecule has 0 aromatic heterocycles. The summed E-state index contributed by atoms with van der Waals surface area (Å²) in [5.74, 6) is -0.357. The second kappa shape index (κ2) is 8.87. The van der Waals surface area contributed by atoms with Crippen molar-refractivity contribution in [3.05, 3.63) is 29.8 Å². The van der Waals surface area contributed by atoms with E-state index in [0.717, 1.165) is 12.8 Å². The lowest BCUT2D eigenvalue weighted by Gasteiger charge is -2.21. The molecule has 1 aliphatic rings. The minimum Gasteiger partial charge on any atom is -0.451 e. The van der Waals surface area contributed by atoms with Gasteiger partial charge < -0.3 is 10.1 Å². The summed E-state index contributed by atoms with van der Waals surface area (Å²) in [4.78, 5) is 36.7. The van der Waals surface area contributed by atoms with E-state index in [9.17, 15) is 14.4 Å². The van der Waals surface area contributed by atoms with Gasteiger partial charge in [0, 0.05) is 17.4 Å². The van der Waals surface area contributed by atoms with Gasteiger partial charge in [-0.3, -0.25) is 9.59 Å². The van der Waals surface area contributed by atoms with Gasteiger partial charge in [-0.1, -0.05) is 12.1 Å². The molecule has 1 atom stereocenters. The summed E-state index contributed by atoms with van der Waals surface area (Å²) in [5, 5.41) is 2.81. The number of benzene rings is 1. The molecule has 0 unspecified atom stereocenters. The Kier molecular flexibility index (Phi) is 6.85. The van der Waals surface area contributed by atoms with Gasteiger partial charge in [0.25, 0.3) is 0 Å². The summed E-state index contributed by atoms with van der Waals surface area (Å²) in [6.07, 6.45) is 2.20. The number of ether oxygens (including phenoxy) is 1. The molecule has 1 fully saturated rings. The molecule has 1 aliphatic carbocycles. The molecule has 0 radical (unpaired) electrons. The summed E-state index contributed by atoms with van der Waals surface area (Å²) in [6.45, 7) is 3.80. The zero-order valence-electron chi connectivity index (χ0n) is 14.0. The number of ketones is 1. The molecule has 1 N–H and O–H groups in total. The first-order chi connectivity index (χ1) is 11.5. The van der Waals surface area contributed by atoms with Gasteiger partial charge in [0.1, 0.15) is 0 Å². The fourth-order valence-electron chi connectivity index (χ4n) is 2.54. The fourth-order valence-corrected chi connectivity index (χ4v) is 3.39. The summed E-state index contributed by atoms with van der Waals surface area (Å²) < 4.78 is 5.40. The van der Waals surface area contributed by atoms with Crippen molar-refractivity contribution in [2.45, 2.75) is 56.6 Å². The van der Waals surface area contributed by atoms with Gasteiger partial charge in [-0.2, -0.15) is 0 Å². The van der Waals surface area contributed by atoms with Gasteiger partial charge in [-0.25, -0.2) is 4.79 Å². The van der Waals surface area contributed by atoms with Crippen LogP contribution in [-0.2, 0) is 14.3 Å². The smallest absolute Gasteiger partial charge is 0.339 e. The first-order valence-electron chi connectivity index (χ1n) is 8.22. The van der Waals surface area contributed by atoms with Crippen LogP contribution in [0.15, 0.2) is 29.2 Å². The maximum Gasteiger partial charge on any atom is 0.339 e. The highest BCUT2D eigenvalue weighted by Crippen LogP contribution is 2.25. The van der Waals surface area contributed by atoms with Crippen LogP contribution in [0.1, 0.15) is 49.9 Å². The van der Waals surface area contributed by atoms with Crippen molar-refractivity contribution in [2.24, 2.45) is 0 Å². The van der Waals surface area contributed by atoms with Gasteiger partial charge in [0.2, 0.25) is 5.91 Å². The first-order valence-corrected chi connectivity index (χ1v) is 9.21. The molecule has 5 nitrogen and oxygen atoms in total. The number of hydrogen-bond acceptors (Lipinski definition) is 5. The van der Waals surface area contributed by atoms with E-state index in [1.54, 1.807) is 18.2 Å². The molecule has 2 rings (SSSR count). The minimum absolute atomic E-state index is 0.00366. The van der Waals surface area contributed by atoms with Crippen LogP contribution in [0, 0.1) is 0 Å². The number of esters is 1. The van der Waals surface area contributed by atoms with Crippen molar-refractivity contribution >= 4 is 29.4 Å². The van der Waals surface area contributed by atoms with Crippen LogP contribution in [0.25, 0.3) is 0 Å². The Hall–Kier alpha value is -1.82. The molecule has 0 aliphatic heterocycles. The second-order valence-electron chi connectivity index (χ2n) is 6.11. The number of rotatable bonds is 6. The topological polar surface area (TPSA) is 72.5 Å². The first kappa shape index (κ1) is 18.5. The SMILES string of the molecule is CC(C)NC(=O)CSc1ccccc1C(=O)O[C@H]1CCCCC1=O. The third-order valence-corrected chi connectivity index (χ3v) is 4.74. The monoisotopic (exact) mass is 349 g/mol. The van der Waals surface area contributed by atoms with Crippen LogP contribution in [-0.4, -0.2) is 35.6 Å². The average Bonchev–Trinajstić information content (AvgIpc) is 2.54. The highest BCUT2D eigenvalue weighted by molar-refractivity contribution is 8.00. The Morgan fingerprint density at radius 2 is 2.04 bits per heavy atom. The fraction of sp³-hybridized carbons (Fsp3) is 0.500. The van der Waals surface area contributed by atoms with Crippen molar-refractivity contribution in [1.82, 2.24) is 5.32 Å². The van der Waals surface area contributed by atoms with Crippen molar-refractivity contribution in [3.63, 3.8) is 0 Å². The molecule has 130 valence electrons. The largest absolute Gasteiger partial charge is 0.451 e. The van der Waals surface area contributed by atoms with Crippen LogP contribution in [0.4, 0.5) is 0 Å². The van der Waals surface area contributed by atoms with Crippen LogP contribution in [0.5, 0.6) is 0 Å². The van der Waals surface area contributed by atoms with E-state index < -0.39 is 12.1 Å². The van der Waals surface area contributed by atoms with Crippen LogP contribution in [0.3, 0.4) is 0 Å². The Morgan fingerprint density at radius 1 is 1.29 bits per heavy atom. The molecule has 6 heteroatoms. The quantitative estimate of drug-likeness (QED) is 0.631. The van der Waals surface area contributed by atoms with Crippen molar-refractivity contribution in [3.8, 4) is 0 Å². The van der Waals surface area contributed by atoms with Gasteiger partial charge in [-0.05, 0) is 45.2 Å². The predicted octanol–water partition coefficient (Wildman–Crippen LogP) is 2.97. The van der Waals surface area contributed by atoms with E-state index in [1.807, 2.05) is 19.9 Å². The molecule has 1 aromatic rings. The molecular weight excluding hydrogens is 326 g/mol. The summed E-state index contributed by atoms with van der Waals surface area (Å²) in [6, 6.07) is 7.09. The molecule has 0 bridgehead atoms. The Bertz CT molecular complexity index is 615. The van der Waals surface area contributed by atoms with Crippen molar-refractivity contribution in [2.75, 3.05) is 5.75 Å². The van der Waals surface area contributed by atoms with Crippen LogP contribution < -0.4 is 5.32 Å². The number of carbonyl (C=O) groups is 3. The highest BCUT2D eigenvalue weighted by atomic mass is 32.2. The lowest BCUT2D eigenvalue weighted by molar-refractivity contribution is -0.130. The number of hydrogen-bond donors (Lipinski definition) is 1. The maximum absolute atomic E-state index is 12.4. The average molecular weight is 349 g/mol. The third kappa shape index (κ3) is 5.37. The van der Waals surface area contributed by atoms with Gasteiger partial charge in [-0.15, -0.1) is 11.8 Å². The lowest BCUT2D eigenvalue weighted by atomic mass is 9.96. The van der Waals surface area contributed by atoms with E-state index in [1.165, 1.54) is 11.8 Å². The Morgan fingerprint density at radius 3 is 2.75 bits per heavy atom. The predicted molar refractivity (Wildman–Crippen MR) is 93.1 cm³/mol. The molecule has 1 amide bonds. The number of nitrogens with one attached hydrogen (secondary N) is 1. The molecule has 1 saturated carbocycles. The van der Waals surface area contributed by atoms with E-state index in [0.29, 0.717) is 23.3 Å². The zero-order chi connectivity index (χ0) is 17.5. The van der Waals surface area contributed by atoms with E-state index in [-0.39, 0.29) is 23.5 Å². The van der Waals surface area contributed by atoms with E-state index >= 15 is 0 Å². The number of Topliss-reactive ketones (excluding diaryl/α,β-unsaturated/α-hetero) is 1. The Labute approximate surface area is 146 Å². The highest BCUT2D eigenvalue weighted by Gasteiger charge is 2.27. The normalized spacial score (nSPS) is 17.6. The maximum atomic E-state index is 12.4. The summed E-state index contributed by atoms with van der Waals surface area (Å²) >= 11 is 1.29. The number of carbonyl (C=O) groups excluding carboxylic acids is 3. The van der Waals surface area contributed by atoms with E-state index in [2.05, 4.69) is 5.32 Å². The van der Waals surface area contributed by atoms with Crippen LogP contribution >= 0.6 is 11.8 Å². The van der Waals surface area contributed by atoms with E-state index in [4.69, 9.17) is 4.74 Å². The lowest BCUT2D eigenvalue weighted by Crippen LogP contribution is -2.31.